The van der Waals surface area contributed by atoms with Gasteiger partial charge < -0.3 is 10.2 Å². The molecule has 1 saturated carbocycles. The van der Waals surface area contributed by atoms with Gasteiger partial charge in [0, 0.05) is 37.8 Å². The predicted octanol–water partition coefficient (Wildman–Crippen LogP) is 3.29. The van der Waals surface area contributed by atoms with E-state index in [0.717, 1.165) is 44.7 Å². The first-order valence-corrected chi connectivity index (χ1v) is 10.4. The van der Waals surface area contributed by atoms with Gasteiger partial charge in [-0.2, -0.15) is 0 Å². The number of amides is 2. The van der Waals surface area contributed by atoms with E-state index in [1.807, 2.05) is 49.9 Å². The lowest BCUT2D eigenvalue weighted by Gasteiger charge is -2.41. The van der Waals surface area contributed by atoms with Crippen LogP contribution in [0.1, 0.15) is 45.1 Å². The van der Waals surface area contributed by atoms with Crippen molar-refractivity contribution in [3.05, 3.63) is 29.8 Å². The van der Waals surface area contributed by atoms with Crippen molar-refractivity contribution < 1.29 is 9.59 Å². The van der Waals surface area contributed by atoms with E-state index in [4.69, 9.17) is 0 Å². The smallest absolute Gasteiger partial charge is 0.242 e. The molecular formula is C22H33N3O2. The van der Waals surface area contributed by atoms with Crippen molar-refractivity contribution in [2.24, 2.45) is 11.8 Å². The first-order chi connectivity index (χ1) is 13.0. The van der Waals surface area contributed by atoms with Crippen molar-refractivity contribution in [2.75, 3.05) is 31.5 Å². The van der Waals surface area contributed by atoms with Crippen molar-refractivity contribution in [1.82, 2.24) is 9.80 Å². The third-order valence-corrected chi connectivity index (χ3v) is 5.95. The van der Waals surface area contributed by atoms with Gasteiger partial charge in [0.25, 0.3) is 0 Å². The molecule has 1 aliphatic heterocycles. The first-order valence-electron chi connectivity index (χ1n) is 10.4. The van der Waals surface area contributed by atoms with E-state index in [2.05, 4.69) is 10.2 Å². The van der Waals surface area contributed by atoms with Gasteiger partial charge >= 0.3 is 0 Å². The van der Waals surface area contributed by atoms with Crippen LogP contribution < -0.4 is 5.32 Å². The average Bonchev–Trinajstić information content (AvgIpc) is 3.18. The van der Waals surface area contributed by atoms with Gasteiger partial charge in [-0.05, 0) is 37.8 Å². The summed E-state index contributed by atoms with van der Waals surface area (Å²) in [6.07, 6.45) is 4.67. The van der Waals surface area contributed by atoms with Crippen molar-refractivity contribution >= 4 is 17.5 Å². The second-order valence-electron chi connectivity index (χ2n) is 8.36. The van der Waals surface area contributed by atoms with Crippen LogP contribution in [0.15, 0.2) is 24.3 Å². The van der Waals surface area contributed by atoms with Crippen LogP contribution in [-0.4, -0.2) is 53.8 Å². The van der Waals surface area contributed by atoms with E-state index < -0.39 is 0 Å². The molecular weight excluding hydrogens is 338 g/mol. The summed E-state index contributed by atoms with van der Waals surface area (Å²) < 4.78 is 0. The van der Waals surface area contributed by atoms with Gasteiger partial charge in [0.05, 0.1) is 6.04 Å². The zero-order valence-corrected chi connectivity index (χ0v) is 16.9. The Kier molecular flexibility index (Phi) is 6.53. The van der Waals surface area contributed by atoms with Crippen molar-refractivity contribution in [2.45, 2.75) is 52.5 Å². The number of rotatable bonds is 5. The van der Waals surface area contributed by atoms with Crippen LogP contribution in [0, 0.1) is 18.8 Å². The Bertz CT molecular complexity index is 642. The highest BCUT2D eigenvalue weighted by atomic mass is 16.2. The Morgan fingerprint density at radius 3 is 2.15 bits per heavy atom. The van der Waals surface area contributed by atoms with Crippen molar-refractivity contribution in [1.29, 1.82) is 0 Å². The number of hydrogen-bond acceptors (Lipinski definition) is 3. The Balaban J connectivity index is 1.67. The first kappa shape index (κ1) is 19.9. The van der Waals surface area contributed by atoms with E-state index in [9.17, 15) is 9.59 Å². The average molecular weight is 372 g/mol. The van der Waals surface area contributed by atoms with Crippen molar-refractivity contribution in [3.63, 3.8) is 0 Å². The van der Waals surface area contributed by atoms with E-state index in [1.54, 1.807) is 0 Å². The van der Waals surface area contributed by atoms with Gasteiger partial charge in [0.2, 0.25) is 11.8 Å². The Morgan fingerprint density at radius 1 is 1.00 bits per heavy atom. The Labute approximate surface area is 163 Å². The summed E-state index contributed by atoms with van der Waals surface area (Å²) in [7, 11) is 0. The third-order valence-electron chi connectivity index (χ3n) is 5.95. The van der Waals surface area contributed by atoms with E-state index in [0.29, 0.717) is 5.92 Å². The number of aryl methyl sites for hydroxylation is 1. The van der Waals surface area contributed by atoms with Crippen LogP contribution >= 0.6 is 0 Å². The standard InChI is InChI=1S/C22H33N3O2/c1-16(2)22(27)25-14-12-24(13-15-25)20(18-6-4-5-7-18)21(26)23-19-10-8-17(3)9-11-19/h8-11,16,18,20H,4-7,12-15H2,1-3H3,(H,23,26). The maximum atomic E-state index is 13.2. The number of anilines is 1. The fourth-order valence-electron chi connectivity index (χ4n) is 4.39. The molecule has 5 nitrogen and oxygen atoms in total. The molecule has 1 aromatic rings. The van der Waals surface area contributed by atoms with Gasteiger partial charge in [-0.15, -0.1) is 0 Å². The third kappa shape index (κ3) is 4.89. The van der Waals surface area contributed by atoms with Gasteiger partial charge in [0.15, 0.2) is 0 Å². The molecule has 1 aliphatic carbocycles. The molecule has 27 heavy (non-hydrogen) atoms. The maximum absolute atomic E-state index is 13.2. The van der Waals surface area contributed by atoms with Gasteiger partial charge in [-0.1, -0.05) is 44.4 Å². The molecule has 1 unspecified atom stereocenters. The van der Waals surface area contributed by atoms with Crippen molar-refractivity contribution in [3.8, 4) is 0 Å². The summed E-state index contributed by atoms with van der Waals surface area (Å²) in [5, 5.41) is 3.13. The zero-order chi connectivity index (χ0) is 19.4. The van der Waals surface area contributed by atoms with Gasteiger partial charge in [-0.3, -0.25) is 14.5 Å². The molecule has 1 atom stereocenters. The lowest BCUT2D eigenvalue weighted by molar-refractivity contribution is -0.137. The monoisotopic (exact) mass is 371 g/mol. The van der Waals surface area contributed by atoms with Crippen LogP contribution in [0.3, 0.4) is 0 Å². The topological polar surface area (TPSA) is 52.7 Å². The minimum atomic E-state index is -0.0925. The second-order valence-corrected chi connectivity index (χ2v) is 8.36. The summed E-state index contributed by atoms with van der Waals surface area (Å²) in [6.45, 7) is 8.94. The molecule has 2 fully saturated rings. The molecule has 1 N–H and O–H groups in total. The molecule has 3 rings (SSSR count). The fraction of sp³-hybridized carbons (Fsp3) is 0.636. The quantitative estimate of drug-likeness (QED) is 0.864. The Morgan fingerprint density at radius 2 is 1.59 bits per heavy atom. The summed E-state index contributed by atoms with van der Waals surface area (Å²) in [5.74, 6) is 0.778. The minimum absolute atomic E-state index is 0.0343. The molecule has 5 heteroatoms. The molecule has 2 aliphatic rings. The fourth-order valence-corrected chi connectivity index (χ4v) is 4.39. The SMILES string of the molecule is Cc1ccc(NC(=O)C(C2CCCC2)N2CCN(C(=O)C(C)C)CC2)cc1. The van der Waals surface area contributed by atoms with Gasteiger partial charge in [-0.25, -0.2) is 0 Å². The summed E-state index contributed by atoms with van der Waals surface area (Å²) in [4.78, 5) is 29.7. The molecule has 148 valence electrons. The highest BCUT2D eigenvalue weighted by molar-refractivity contribution is 5.95. The number of carbonyl (C=O) groups is 2. The molecule has 0 radical (unpaired) electrons. The number of carbonyl (C=O) groups excluding carboxylic acids is 2. The number of hydrogen-bond donors (Lipinski definition) is 1. The van der Waals surface area contributed by atoms with E-state index >= 15 is 0 Å². The highest BCUT2D eigenvalue weighted by Gasteiger charge is 2.37. The Hall–Kier alpha value is -1.88. The summed E-state index contributed by atoms with van der Waals surface area (Å²) >= 11 is 0. The number of benzene rings is 1. The van der Waals surface area contributed by atoms with Crippen LogP contribution in [0.25, 0.3) is 0 Å². The van der Waals surface area contributed by atoms with Crippen LogP contribution in [0.5, 0.6) is 0 Å². The molecule has 0 aromatic heterocycles. The minimum Gasteiger partial charge on any atom is -0.340 e. The number of piperazine rings is 1. The lowest BCUT2D eigenvalue weighted by Crippen LogP contribution is -2.57. The van der Waals surface area contributed by atoms with Crippen LogP contribution in [0.4, 0.5) is 5.69 Å². The number of nitrogens with zero attached hydrogens (tertiary/aromatic N) is 2. The van der Waals surface area contributed by atoms with E-state index in [-0.39, 0.29) is 23.8 Å². The van der Waals surface area contributed by atoms with Crippen LogP contribution in [0.2, 0.25) is 0 Å². The number of nitrogens with one attached hydrogen (secondary N) is 1. The largest absolute Gasteiger partial charge is 0.340 e. The maximum Gasteiger partial charge on any atom is 0.242 e. The molecule has 0 spiro atoms. The molecule has 1 aromatic carbocycles. The highest BCUT2D eigenvalue weighted by Crippen LogP contribution is 2.31. The summed E-state index contributed by atoms with van der Waals surface area (Å²) in [6, 6.07) is 7.90. The normalized spacial score (nSPS) is 20.1. The second kappa shape index (κ2) is 8.87. The molecule has 1 heterocycles. The lowest BCUT2D eigenvalue weighted by atomic mass is 9.94. The van der Waals surface area contributed by atoms with Gasteiger partial charge in [0.1, 0.15) is 0 Å². The zero-order valence-electron chi connectivity index (χ0n) is 16.9. The summed E-state index contributed by atoms with van der Waals surface area (Å²) in [5.41, 5.74) is 2.05. The molecule has 2 amide bonds. The van der Waals surface area contributed by atoms with Crippen LogP contribution in [-0.2, 0) is 9.59 Å². The predicted molar refractivity (Wildman–Crippen MR) is 109 cm³/mol. The van der Waals surface area contributed by atoms with E-state index in [1.165, 1.54) is 18.4 Å². The molecule has 1 saturated heterocycles. The molecule has 0 bridgehead atoms.